The molecule has 2 atom stereocenters. The van der Waals surface area contributed by atoms with E-state index in [0.717, 1.165) is 6.42 Å². The van der Waals surface area contributed by atoms with Crippen LogP contribution in [-0.2, 0) is 15.6 Å². The molecule has 0 nitrogen and oxygen atoms in total. The van der Waals surface area contributed by atoms with Crippen molar-refractivity contribution in [3.05, 3.63) is 106 Å². The summed E-state index contributed by atoms with van der Waals surface area (Å²) < 4.78 is 0.344. The zero-order chi connectivity index (χ0) is 26.4. The Hall–Kier alpha value is -1.18. The number of halogens is 2. The zero-order valence-electron chi connectivity index (χ0n) is 22.8. The first-order valence-corrected chi connectivity index (χ1v) is 30.3. The Morgan fingerprint density at radius 3 is 2.27 bits per heavy atom. The van der Waals surface area contributed by atoms with Crippen LogP contribution in [0.5, 0.6) is 0 Å². The monoisotopic (exact) mass is 623 g/mol. The van der Waals surface area contributed by atoms with Crippen LogP contribution in [0.15, 0.2) is 78.4 Å². The van der Waals surface area contributed by atoms with E-state index in [9.17, 15) is 0 Å². The van der Waals surface area contributed by atoms with Gasteiger partial charge in [-0.2, -0.15) is 0 Å². The van der Waals surface area contributed by atoms with Gasteiger partial charge in [0.05, 0.1) is 0 Å². The minimum atomic E-state index is -4.51. The molecule has 0 aromatic heterocycles. The van der Waals surface area contributed by atoms with Crippen molar-refractivity contribution < 1.29 is 15.6 Å². The van der Waals surface area contributed by atoms with Crippen LogP contribution in [0.4, 0.5) is 0 Å². The number of fused-ring (bicyclic) bond motifs is 2. The van der Waals surface area contributed by atoms with Gasteiger partial charge in [0.1, 0.15) is 0 Å². The number of allylic oxidation sites excluding steroid dienone is 2. The van der Waals surface area contributed by atoms with Crippen LogP contribution in [0.2, 0.25) is 13.1 Å². The third-order valence-electron chi connectivity index (χ3n) is 8.91. The van der Waals surface area contributed by atoms with Crippen molar-refractivity contribution in [1.82, 2.24) is 0 Å². The van der Waals surface area contributed by atoms with E-state index in [1.54, 1.807) is 0 Å². The van der Waals surface area contributed by atoms with Crippen molar-refractivity contribution in [1.29, 1.82) is 0 Å². The molecule has 193 valence electrons. The second-order valence-corrected chi connectivity index (χ2v) is 54.3. The number of benzene rings is 3. The molecule has 3 aromatic carbocycles. The molecule has 2 aliphatic carbocycles. The quantitative estimate of drug-likeness (QED) is 0.219. The third-order valence-corrected chi connectivity index (χ3v) is 60.9. The van der Waals surface area contributed by atoms with E-state index < -0.39 is 21.5 Å². The van der Waals surface area contributed by atoms with E-state index in [-0.39, 0.29) is 7.25 Å². The maximum atomic E-state index is 8.27. The van der Waals surface area contributed by atoms with Gasteiger partial charge in [0.2, 0.25) is 0 Å². The zero-order valence-corrected chi connectivity index (χ0v) is 27.9. The molecule has 0 saturated heterocycles. The van der Waals surface area contributed by atoms with E-state index in [1.165, 1.54) is 57.4 Å². The molecule has 0 N–H and O–H groups in total. The van der Waals surface area contributed by atoms with Crippen molar-refractivity contribution in [3.8, 4) is 11.1 Å². The first-order valence-electron chi connectivity index (χ1n) is 13.9. The Balaban J connectivity index is 1.70. The summed E-state index contributed by atoms with van der Waals surface area (Å²) in [4.78, 5) is 0. The van der Waals surface area contributed by atoms with Crippen LogP contribution in [0.1, 0.15) is 81.0 Å². The van der Waals surface area contributed by atoms with Crippen molar-refractivity contribution in [2.75, 3.05) is 0 Å². The SMILES string of the molecule is CCCCC1=Cc2c(-c3ccc(C(C)C)cc3)cccc2[CH]1[Zr]([Cl])([Cl])([CH]1C=Cc2ccccc21)[SiH](C)C. The fraction of sp³-hybridized carbons (Fsp3) is 0.333. The van der Waals surface area contributed by atoms with Crippen molar-refractivity contribution in [2.24, 2.45) is 0 Å². The molecule has 5 rings (SSSR count). The molecule has 0 amide bonds. The fourth-order valence-electron chi connectivity index (χ4n) is 6.61. The second kappa shape index (κ2) is 10.4. The van der Waals surface area contributed by atoms with Crippen LogP contribution < -0.4 is 0 Å². The average molecular weight is 626 g/mol. The molecule has 3 aromatic rings. The molecule has 0 fully saturated rings. The Bertz CT molecular complexity index is 1370. The van der Waals surface area contributed by atoms with Crippen LogP contribution in [-0.4, -0.2) is 5.92 Å². The topological polar surface area (TPSA) is 0 Å². The molecule has 2 unspecified atom stereocenters. The Morgan fingerprint density at radius 2 is 1.59 bits per heavy atom. The predicted octanol–water partition coefficient (Wildman–Crippen LogP) is 10.9. The van der Waals surface area contributed by atoms with Crippen LogP contribution in [0.25, 0.3) is 23.3 Å². The van der Waals surface area contributed by atoms with E-state index in [1.807, 2.05) is 0 Å². The second-order valence-electron chi connectivity index (χ2n) is 11.7. The van der Waals surface area contributed by atoms with Gasteiger partial charge in [-0.1, -0.05) is 0 Å². The van der Waals surface area contributed by atoms with E-state index in [4.69, 9.17) is 17.0 Å². The Morgan fingerprint density at radius 1 is 0.892 bits per heavy atom. The number of unbranched alkanes of at least 4 members (excludes halogenated alkanes) is 1. The molecule has 37 heavy (non-hydrogen) atoms. The van der Waals surface area contributed by atoms with Gasteiger partial charge in [0.15, 0.2) is 0 Å². The van der Waals surface area contributed by atoms with Gasteiger partial charge in [-0.15, -0.1) is 0 Å². The summed E-state index contributed by atoms with van der Waals surface area (Å²) in [6.45, 7) is 11.6. The first kappa shape index (κ1) is 27.4. The van der Waals surface area contributed by atoms with Gasteiger partial charge in [-0.05, 0) is 0 Å². The van der Waals surface area contributed by atoms with Crippen LogP contribution in [0, 0.1) is 0 Å². The standard InChI is InChI=1S/C22H25.C9H7.C2H7Si.2ClH.Zr/c1-4-5-7-17-14-20-8-6-9-21(22(20)15-17)19-12-10-18(11-13-19)16(2)3;1-2-5-9-7-3-6-8(9)4-1;1-3-2;;;/h6,8-16H,4-5,7H2,1-3H3;1-7H;3H,1-2H3;2*1H;/q;;;;;+2/p-2. The van der Waals surface area contributed by atoms with Gasteiger partial charge in [-0.3, -0.25) is 0 Å². The van der Waals surface area contributed by atoms with Crippen molar-refractivity contribution in [2.45, 2.75) is 66.3 Å². The summed E-state index contributed by atoms with van der Waals surface area (Å²) in [5.74, 6) is -0.942. The van der Waals surface area contributed by atoms with Crippen molar-refractivity contribution >= 4 is 35.1 Å². The van der Waals surface area contributed by atoms with Gasteiger partial charge >= 0.3 is 234 Å². The molecule has 0 spiro atoms. The van der Waals surface area contributed by atoms with E-state index in [0.29, 0.717) is 5.92 Å². The first-order chi connectivity index (χ1) is 17.7. The predicted molar refractivity (Wildman–Crippen MR) is 165 cm³/mol. The van der Waals surface area contributed by atoms with Crippen LogP contribution in [0.3, 0.4) is 0 Å². The number of hydrogen-bond donors (Lipinski definition) is 0. The average Bonchev–Trinajstić information content (AvgIpc) is 3.50. The summed E-state index contributed by atoms with van der Waals surface area (Å²) in [6, 6.07) is 24.8. The molecular weight excluding hydrogens is 587 g/mol. The Kier molecular flexibility index (Phi) is 7.71. The van der Waals surface area contributed by atoms with Gasteiger partial charge in [-0.25, -0.2) is 0 Å². The summed E-state index contributed by atoms with van der Waals surface area (Å²) >= 11 is -4.51. The normalized spacial score (nSPS) is 19.6. The molecule has 2 aliphatic rings. The van der Waals surface area contributed by atoms with Gasteiger partial charge < -0.3 is 0 Å². The van der Waals surface area contributed by atoms with Gasteiger partial charge in [0, 0.05) is 0 Å². The van der Waals surface area contributed by atoms with E-state index >= 15 is 0 Å². The molecule has 0 saturated carbocycles. The summed E-state index contributed by atoms with van der Waals surface area (Å²) in [5.41, 5.74) is 10.8. The van der Waals surface area contributed by atoms with Gasteiger partial charge in [0.25, 0.3) is 0 Å². The minimum absolute atomic E-state index is 0.169. The molecule has 0 radical (unpaired) electrons. The maximum absolute atomic E-state index is 8.27. The number of hydrogen-bond acceptors (Lipinski definition) is 0. The summed E-state index contributed by atoms with van der Waals surface area (Å²) in [5, 5.41) is 0. The molecule has 0 bridgehead atoms. The molecule has 0 aliphatic heterocycles. The summed E-state index contributed by atoms with van der Waals surface area (Å²) in [7, 11) is 16.5. The molecule has 0 heterocycles. The van der Waals surface area contributed by atoms with Crippen LogP contribution >= 0.6 is 17.0 Å². The third kappa shape index (κ3) is 4.55. The van der Waals surface area contributed by atoms with E-state index in [2.05, 4.69) is 119 Å². The fourth-order valence-corrected chi connectivity index (χ4v) is 36.1. The molecular formula is C33H39Cl2SiZr. The molecule has 4 heteroatoms. The van der Waals surface area contributed by atoms with Crippen molar-refractivity contribution in [3.63, 3.8) is 0 Å². The summed E-state index contributed by atoms with van der Waals surface area (Å²) in [6.07, 6.45) is 10.5. The Labute approximate surface area is 232 Å². The number of rotatable bonds is 8.